The first-order chi connectivity index (χ1) is 16.5. The maximum atomic E-state index is 12.5. The number of nitrogens with zero attached hydrogens (tertiary/aromatic N) is 6. The molecule has 0 saturated carbocycles. The Morgan fingerprint density at radius 1 is 1.17 bits per heavy atom. The predicted molar refractivity (Wildman–Crippen MR) is 122 cm³/mol. The number of aliphatic imine (C=N–C) groups is 1. The number of alkyl halides is 3. The van der Waals surface area contributed by atoms with Gasteiger partial charge in [-0.2, -0.15) is 28.1 Å². The van der Waals surface area contributed by atoms with Crippen LogP contribution in [-0.2, 0) is 14.7 Å². The molecule has 1 saturated heterocycles. The Labute approximate surface area is 200 Å². The van der Waals surface area contributed by atoms with Crippen molar-refractivity contribution in [2.75, 3.05) is 42.3 Å². The van der Waals surface area contributed by atoms with E-state index >= 15 is 0 Å². The van der Waals surface area contributed by atoms with Crippen molar-refractivity contribution in [2.24, 2.45) is 10.9 Å². The zero-order valence-electron chi connectivity index (χ0n) is 18.8. The van der Waals surface area contributed by atoms with E-state index in [0.29, 0.717) is 31.9 Å². The lowest BCUT2D eigenvalue weighted by molar-refractivity contribution is -0.106. The summed E-state index contributed by atoms with van der Waals surface area (Å²) in [6.07, 6.45) is -4.63. The maximum absolute atomic E-state index is 12.5. The lowest BCUT2D eigenvalue weighted by Crippen LogP contribution is -2.43. The van der Waals surface area contributed by atoms with Crippen LogP contribution in [0.25, 0.3) is 0 Å². The number of piperidine rings is 1. The fraction of sp³-hybridized carbons (Fsp3) is 0.500. The van der Waals surface area contributed by atoms with Gasteiger partial charge in [0, 0.05) is 25.8 Å². The van der Waals surface area contributed by atoms with Crippen molar-refractivity contribution >= 4 is 33.3 Å². The summed E-state index contributed by atoms with van der Waals surface area (Å²) in [5, 5.41) is 0. The Hall–Kier alpha value is -3.04. The predicted octanol–water partition coefficient (Wildman–Crippen LogP) is 1.48. The molecule has 0 amide bonds. The Kier molecular flexibility index (Phi) is 7.10. The number of nitrogens with two attached hydrogens (primary N) is 1. The first kappa shape index (κ1) is 25.1. The minimum absolute atomic E-state index is 0.00149. The van der Waals surface area contributed by atoms with Gasteiger partial charge in [0.05, 0.1) is 5.75 Å². The monoisotopic (exact) mass is 514 g/mol. The van der Waals surface area contributed by atoms with Crippen molar-refractivity contribution in [2.45, 2.75) is 25.4 Å². The zero-order valence-corrected chi connectivity index (χ0v) is 19.6. The average molecular weight is 515 g/mol. The number of halogens is 3. The zero-order chi connectivity index (χ0) is 25.2. The molecule has 3 heterocycles. The first-order valence-corrected chi connectivity index (χ1v) is 12.6. The lowest BCUT2D eigenvalue weighted by atomic mass is 9.99. The van der Waals surface area contributed by atoms with Crippen molar-refractivity contribution in [3.8, 4) is 0 Å². The number of likely N-dealkylation sites (tertiary alicyclic amines) is 1. The molecule has 0 spiro atoms. The molecule has 0 bridgehead atoms. The Bertz CT molecular complexity index is 1170. The summed E-state index contributed by atoms with van der Waals surface area (Å²) in [7, 11) is -2.42. The van der Waals surface area contributed by atoms with Gasteiger partial charge in [0.15, 0.2) is 15.7 Å². The molecule has 15 heteroatoms. The maximum Gasteiger partial charge on any atom is 0.402 e. The van der Waals surface area contributed by atoms with E-state index in [1.54, 1.807) is 11.9 Å². The number of anilines is 3. The second kappa shape index (κ2) is 9.91. The molecular weight excluding hydrogens is 489 g/mol. The molecule has 1 aromatic carbocycles. The van der Waals surface area contributed by atoms with Gasteiger partial charge >= 0.3 is 6.18 Å². The second-order valence-electron chi connectivity index (χ2n) is 8.38. The Morgan fingerprint density at radius 3 is 2.51 bits per heavy atom. The number of nitrogen functional groups attached to an aromatic ring is 1. The molecule has 11 nitrogen and oxygen atoms in total. The van der Waals surface area contributed by atoms with Gasteiger partial charge in [-0.25, -0.2) is 23.7 Å². The smallest absolute Gasteiger partial charge is 0.368 e. The molecule has 0 radical (unpaired) electrons. The molecule has 4 rings (SSSR count). The highest BCUT2D eigenvalue weighted by Crippen LogP contribution is 2.26. The summed E-state index contributed by atoms with van der Waals surface area (Å²) in [6, 6.07) is 9.44. The highest BCUT2D eigenvalue weighted by molar-refractivity contribution is 7.91. The summed E-state index contributed by atoms with van der Waals surface area (Å²) < 4.78 is 61.1. The highest BCUT2D eigenvalue weighted by Gasteiger charge is 2.37. The number of rotatable bonds is 7. The number of nitrogens with one attached hydrogen (secondary N) is 1. The second-order valence-corrected chi connectivity index (χ2v) is 10.5. The van der Waals surface area contributed by atoms with Crippen LogP contribution in [0.1, 0.15) is 18.7 Å². The third kappa shape index (κ3) is 6.55. The number of hydrogen-bond donors (Lipinski definition) is 2. The van der Waals surface area contributed by atoms with Gasteiger partial charge < -0.3 is 10.6 Å². The molecule has 2 aliphatic rings. The normalized spacial score (nSPS) is 19.9. The summed E-state index contributed by atoms with van der Waals surface area (Å²) in [5.41, 5.74) is 9.42. The number of amidine groups is 1. The van der Waals surface area contributed by atoms with Crippen LogP contribution in [0.4, 0.5) is 30.8 Å². The fourth-order valence-electron chi connectivity index (χ4n) is 3.94. The van der Waals surface area contributed by atoms with E-state index < -0.39 is 33.9 Å². The van der Waals surface area contributed by atoms with Crippen LogP contribution in [0.5, 0.6) is 0 Å². The molecular formula is C20H25F3N8O3S. The fourth-order valence-corrected chi connectivity index (χ4v) is 5.61. The third-order valence-electron chi connectivity index (χ3n) is 5.63. The van der Waals surface area contributed by atoms with Gasteiger partial charge in [0.1, 0.15) is 5.75 Å². The topological polar surface area (TPSA) is 139 Å². The van der Waals surface area contributed by atoms with Gasteiger partial charge in [-0.3, -0.25) is 4.90 Å². The number of benzene rings is 1. The molecule has 1 aromatic heterocycles. The van der Waals surface area contributed by atoms with Crippen LogP contribution in [0.2, 0.25) is 0 Å². The van der Waals surface area contributed by atoms with E-state index in [2.05, 4.69) is 25.4 Å². The van der Waals surface area contributed by atoms with Crippen LogP contribution in [-0.4, -0.2) is 78.3 Å². The minimum atomic E-state index is -4.73. The molecule has 2 aromatic rings. The van der Waals surface area contributed by atoms with Crippen molar-refractivity contribution < 1.29 is 26.4 Å². The van der Waals surface area contributed by atoms with Gasteiger partial charge in [-0.15, -0.1) is 0 Å². The lowest BCUT2D eigenvalue weighted by Gasteiger charge is -2.33. The first-order valence-electron chi connectivity index (χ1n) is 10.8. The van der Waals surface area contributed by atoms with Crippen LogP contribution in [0, 0.1) is 5.92 Å². The van der Waals surface area contributed by atoms with Gasteiger partial charge in [0.25, 0.3) is 0 Å². The van der Waals surface area contributed by atoms with Crippen molar-refractivity contribution in [3.63, 3.8) is 0 Å². The quantitative estimate of drug-likeness (QED) is 0.558. The van der Waals surface area contributed by atoms with E-state index in [1.165, 1.54) is 0 Å². The molecule has 2 aliphatic heterocycles. The molecule has 190 valence electrons. The number of hydroxylamine groups is 1. The van der Waals surface area contributed by atoms with Crippen LogP contribution < -0.4 is 16.1 Å². The average Bonchev–Trinajstić information content (AvgIpc) is 3.28. The molecule has 0 aliphatic carbocycles. The van der Waals surface area contributed by atoms with E-state index in [1.807, 2.05) is 35.2 Å². The number of hydrogen-bond acceptors (Lipinski definition) is 11. The van der Waals surface area contributed by atoms with Gasteiger partial charge in [0.2, 0.25) is 24.1 Å². The number of sulfone groups is 1. The molecule has 1 unspecified atom stereocenters. The van der Waals surface area contributed by atoms with Gasteiger partial charge in [-0.05, 0) is 30.9 Å². The highest BCUT2D eigenvalue weighted by atomic mass is 32.2. The van der Waals surface area contributed by atoms with E-state index in [-0.39, 0.29) is 23.5 Å². The van der Waals surface area contributed by atoms with E-state index in [4.69, 9.17) is 10.6 Å². The van der Waals surface area contributed by atoms with Crippen LogP contribution >= 0.6 is 0 Å². The SMILES string of the molecule is CN(c1ccccc1)c1nc(N)nc(C2=NC(N3CCC(CS(=O)(=O)CC(F)(F)F)CC3)ON2)n1. The Balaban J connectivity index is 1.39. The van der Waals surface area contributed by atoms with Crippen LogP contribution in [0.3, 0.4) is 0 Å². The van der Waals surface area contributed by atoms with Crippen molar-refractivity contribution in [1.82, 2.24) is 25.3 Å². The van der Waals surface area contributed by atoms with Crippen molar-refractivity contribution in [1.29, 1.82) is 0 Å². The minimum Gasteiger partial charge on any atom is -0.368 e. The van der Waals surface area contributed by atoms with Crippen LogP contribution in [0.15, 0.2) is 35.3 Å². The summed E-state index contributed by atoms with van der Waals surface area (Å²) >= 11 is 0. The standard InChI is InChI=1S/C20H25F3N8O3S/c1-30(14-5-3-2-4-6-14)18-26-15(25-17(24)28-18)16-27-19(34-29-16)31-9-7-13(8-10-31)11-35(32,33)12-20(21,22)23/h2-6,13,19H,7-12H2,1H3,(H,27,29)(H2,24,25,26,28). The third-order valence-corrected chi connectivity index (χ3v) is 7.38. The molecule has 3 N–H and O–H groups in total. The van der Waals surface area contributed by atoms with Crippen molar-refractivity contribution in [3.05, 3.63) is 36.2 Å². The molecule has 1 fully saturated rings. The largest absolute Gasteiger partial charge is 0.402 e. The number of para-hydroxylation sites is 1. The van der Waals surface area contributed by atoms with E-state index in [0.717, 1.165) is 5.69 Å². The summed E-state index contributed by atoms with van der Waals surface area (Å²) in [6.45, 7) is 0.827. The number of aromatic nitrogens is 3. The Morgan fingerprint density at radius 2 is 1.86 bits per heavy atom. The van der Waals surface area contributed by atoms with E-state index in [9.17, 15) is 21.6 Å². The molecule has 1 atom stereocenters. The summed E-state index contributed by atoms with van der Waals surface area (Å²) in [5.74, 6) is -1.88. The summed E-state index contributed by atoms with van der Waals surface area (Å²) in [4.78, 5) is 26.3. The molecule has 35 heavy (non-hydrogen) atoms. The van der Waals surface area contributed by atoms with Gasteiger partial charge in [-0.1, -0.05) is 18.2 Å².